The predicted molar refractivity (Wildman–Crippen MR) is 116 cm³/mol. The van der Waals surface area contributed by atoms with E-state index in [0.717, 1.165) is 37.5 Å². The Morgan fingerprint density at radius 1 is 1.09 bits per heavy atom. The van der Waals surface area contributed by atoms with E-state index in [1.807, 2.05) is 24.3 Å². The van der Waals surface area contributed by atoms with Crippen LogP contribution in [-0.4, -0.2) is 65.7 Å². The Balaban J connectivity index is 1.21. The molecule has 1 aliphatic rings. The van der Waals surface area contributed by atoms with Gasteiger partial charge < -0.3 is 14.6 Å². The third-order valence-corrected chi connectivity index (χ3v) is 5.44. The van der Waals surface area contributed by atoms with Crippen LogP contribution in [0.15, 0.2) is 53.1 Å². The molecule has 1 N–H and O–H groups in total. The molecule has 3 aromatic rings. The molecule has 1 amide bonds. The highest BCUT2D eigenvalue weighted by atomic mass is 19.1. The van der Waals surface area contributed by atoms with Crippen molar-refractivity contribution in [1.82, 2.24) is 25.3 Å². The summed E-state index contributed by atoms with van der Waals surface area (Å²) >= 11 is 0. The van der Waals surface area contributed by atoms with Gasteiger partial charge in [-0.15, -0.1) is 0 Å². The summed E-state index contributed by atoms with van der Waals surface area (Å²) < 4.78 is 24.2. The highest BCUT2D eigenvalue weighted by Gasteiger charge is 2.21. The largest absolute Gasteiger partial charge is 0.497 e. The molecule has 168 valence electrons. The zero-order valence-electron chi connectivity index (χ0n) is 18.0. The smallest absolute Gasteiger partial charge is 0.241 e. The lowest BCUT2D eigenvalue weighted by Gasteiger charge is -2.33. The van der Waals surface area contributed by atoms with Gasteiger partial charge in [-0.3, -0.25) is 14.6 Å². The molecule has 1 fully saturated rings. The third-order valence-electron chi connectivity index (χ3n) is 5.44. The number of piperazine rings is 1. The van der Waals surface area contributed by atoms with Gasteiger partial charge in [0, 0.05) is 43.9 Å². The molecule has 0 radical (unpaired) electrons. The molecule has 0 unspecified atom stereocenters. The van der Waals surface area contributed by atoms with Crippen LogP contribution in [0.2, 0.25) is 0 Å². The lowest BCUT2D eigenvalue weighted by molar-refractivity contribution is -0.122. The maximum atomic E-state index is 13.7. The molecule has 32 heavy (non-hydrogen) atoms. The summed E-state index contributed by atoms with van der Waals surface area (Å²) in [6.45, 7) is 4.15. The van der Waals surface area contributed by atoms with Crippen molar-refractivity contribution in [2.24, 2.45) is 0 Å². The Bertz CT molecular complexity index is 1030. The molecule has 0 saturated carbocycles. The van der Waals surface area contributed by atoms with Crippen LogP contribution in [-0.2, 0) is 17.9 Å². The fourth-order valence-corrected chi connectivity index (χ4v) is 3.57. The summed E-state index contributed by atoms with van der Waals surface area (Å²) in [5.41, 5.74) is 1.35. The van der Waals surface area contributed by atoms with E-state index in [9.17, 15) is 9.18 Å². The Morgan fingerprint density at radius 3 is 2.53 bits per heavy atom. The monoisotopic (exact) mass is 439 g/mol. The first-order chi connectivity index (χ1) is 15.6. The van der Waals surface area contributed by atoms with Crippen molar-refractivity contribution in [2.45, 2.75) is 13.1 Å². The van der Waals surface area contributed by atoms with Crippen molar-refractivity contribution in [3.05, 3.63) is 65.8 Å². The maximum absolute atomic E-state index is 13.7. The second-order valence-electron chi connectivity index (χ2n) is 7.66. The Kier molecular flexibility index (Phi) is 7.08. The number of nitrogens with zero attached hydrogens (tertiary/aromatic N) is 4. The van der Waals surface area contributed by atoms with E-state index in [1.165, 1.54) is 6.07 Å². The summed E-state index contributed by atoms with van der Waals surface area (Å²) in [5.74, 6) is 1.47. The SMILES string of the molecule is COc1ccc(-c2noc(CN3CCN(CC(=O)NCc4ccccc4F)CC3)n2)cc1. The average molecular weight is 439 g/mol. The van der Waals surface area contributed by atoms with Crippen LogP contribution in [0.3, 0.4) is 0 Å². The molecule has 0 aliphatic carbocycles. The first-order valence-corrected chi connectivity index (χ1v) is 10.5. The van der Waals surface area contributed by atoms with E-state index in [2.05, 4.69) is 25.3 Å². The molecular weight excluding hydrogens is 413 g/mol. The topological polar surface area (TPSA) is 83.7 Å². The fraction of sp³-hybridized carbons (Fsp3) is 0.348. The zero-order valence-corrected chi connectivity index (χ0v) is 18.0. The summed E-state index contributed by atoms with van der Waals surface area (Å²) in [5, 5.41) is 6.86. The number of amides is 1. The van der Waals surface area contributed by atoms with Crippen LogP contribution in [0.25, 0.3) is 11.4 Å². The second kappa shape index (κ2) is 10.3. The standard InChI is InChI=1S/C23H26FN5O3/c1-31-19-8-6-17(7-9-19)23-26-22(32-27-23)16-29-12-10-28(11-13-29)15-21(30)25-14-18-4-2-3-5-20(18)24/h2-9H,10-16H2,1H3,(H,25,30). The lowest BCUT2D eigenvalue weighted by atomic mass is 10.2. The van der Waals surface area contributed by atoms with Crippen molar-refractivity contribution >= 4 is 5.91 Å². The summed E-state index contributed by atoms with van der Waals surface area (Å²) in [4.78, 5) is 21.0. The van der Waals surface area contributed by atoms with E-state index in [0.29, 0.717) is 30.4 Å². The molecule has 0 atom stereocenters. The van der Waals surface area contributed by atoms with Gasteiger partial charge in [-0.1, -0.05) is 23.4 Å². The summed E-state index contributed by atoms with van der Waals surface area (Å²) in [6, 6.07) is 14.0. The predicted octanol–water partition coefficient (Wildman–Crippen LogP) is 2.32. The van der Waals surface area contributed by atoms with Crippen LogP contribution in [0.4, 0.5) is 4.39 Å². The molecule has 2 heterocycles. The number of hydrogen-bond acceptors (Lipinski definition) is 7. The quantitative estimate of drug-likeness (QED) is 0.577. The molecule has 9 heteroatoms. The summed E-state index contributed by atoms with van der Waals surface area (Å²) in [6.07, 6.45) is 0. The lowest BCUT2D eigenvalue weighted by Crippen LogP contribution is -2.49. The van der Waals surface area contributed by atoms with Crippen LogP contribution in [0.1, 0.15) is 11.5 Å². The molecule has 2 aromatic carbocycles. The molecule has 1 aromatic heterocycles. The molecule has 8 nitrogen and oxygen atoms in total. The van der Waals surface area contributed by atoms with Gasteiger partial charge in [0.15, 0.2) is 0 Å². The molecule has 1 aliphatic heterocycles. The van der Waals surface area contributed by atoms with Crippen LogP contribution >= 0.6 is 0 Å². The van der Waals surface area contributed by atoms with Gasteiger partial charge in [-0.05, 0) is 30.3 Å². The van der Waals surface area contributed by atoms with Crippen molar-refractivity contribution in [2.75, 3.05) is 39.8 Å². The van der Waals surface area contributed by atoms with Crippen molar-refractivity contribution in [1.29, 1.82) is 0 Å². The van der Waals surface area contributed by atoms with Gasteiger partial charge >= 0.3 is 0 Å². The average Bonchev–Trinajstić information content (AvgIpc) is 3.28. The zero-order chi connectivity index (χ0) is 22.3. The highest BCUT2D eigenvalue weighted by Crippen LogP contribution is 2.20. The molecule has 0 bridgehead atoms. The number of rotatable bonds is 8. The first kappa shape index (κ1) is 21.9. The van der Waals surface area contributed by atoms with E-state index in [1.54, 1.807) is 25.3 Å². The van der Waals surface area contributed by atoms with Gasteiger partial charge in [0.05, 0.1) is 20.2 Å². The minimum atomic E-state index is -0.308. The van der Waals surface area contributed by atoms with Crippen LogP contribution < -0.4 is 10.1 Å². The number of halogens is 1. The highest BCUT2D eigenvalue weighted by molar-refractivity contribution is 5.78. The van der Waals surface area contributed by atoms with Crippen LogP contribution in [0, 0.1) is 5.82 Å². The molecule has 0 spiro atoms. The van der Waals surface area contributed by atoms with E-state index >= 15 is 0 Å². The Hall–Kier alpha value is -3.30. The van der Waals surface area contributed by atoms with E-state index in [4.69, 9.17) is 9.26 Å². The number of nitrogens with one attached hydrogen (secondary N) is 1. The van der Waals surface area contributed by atoms with E-state index < -0.39 is 0 Å². The molecule has 1 saturated heterocycles. The normalized spacial score (nSPS) is 14.9. The van der Waals surface area contributed by atoms with Crippen molar-refractivity contribution in [3.8, 4) is 17.1 Å². The van der Waals surface area contributed by atoms with Gasteiger partial charge in [-0.2, -0.15) is 4.98 Å². The number of benzene rings is 2. The van der Waals surface area contributed by atoms with Crippen LogP contribution in [0.5, 0.6) is 5.75 Å². The third kappa shape index (κ3) is 5.68. The molecule has 4 rings (SSSR count). The van der Waals surface area contributed by atoms with Gasteiger partial charge in [0.25, 0.3) is 0 Å². The van der Waals surface area contributed by atoms with E-state index in [-0.39, 0.29) is 18.3 Å². The minimum Gasteiger partial charge on any atom is -0.497 e. The number of ether oxygens (including phenoxy) is 1. The van der Waals surface area contributed by atoms with Crippen molar-refractivity contribution < 1.29 is 18.4 Å². The molecular formula is C23H26FN5O3. The van der Waals surface area contributed by atoms with Gasteiger partial charge in [0.1, 0.15) is 11.6 Å². The number of methoxy groups -OCH3 is 1. The van der Waals surface area contributed by atoms with Gasteiger partial charge in [0.2, 0.25) is 17.6 Å². The fourth-order valence-electron chi connectivity index (χ4n) is 3.57. The Morgan fingerprint density at radius 2 is 1.81 bits per heavy atom. The number of hydrogen-bond donors (Lipinski definition) is 1. The maximum Gasteiger partial charge on any atom is 0.241 e. The number of aromatic nitrogens is 2. The minimum absolute atomic E-state index is 0.109. The summed E-state index contributed by atoms with van der Waals surface area (Å²) in [7, 11) is 1.62. The van der Waals surface area contributed by atoms with Crippen molar-refractivity contribution in [3.63, 3.8) is 0 Å². The Labute approximate surface area is 186 Å². The first-order valence-electron chi connectivity index (χ1n) is 10.5. The second-order valence-corrected chi connectivity index (χ2v) is 7.66. The number of carbonyl (C=O) groups excluding carboxylic acids is 1. The number of carbonyl (C=O) groups is 1. The van der Waals surface area contributed by atoms with Gasteiger partial charge in [-0.25, -0.2) is 4.39 Å².